The molecule has 1 saturated heterocycles. The molecule has 1 N–H and O–H groups in total. The minimum absolute atomic E-state index is 0.298. The van der Waals surface area contributed by atoms with Crippen LogP contribution in [-0.4, -0.2) is 31.8 Å². The van der Waals surface area contributed by atoms with Crippen molar-refractivity contribution in [3.05, 3.63) is 28.2 Å². The highest BCUT2D eigenvalue weighted by molar-refractivity contribution is 9.10. The number of benzene rings is 1. The third-order valence-electron chi connectivity index (χ3n) is 3.84. The lowest BCUT2D eigenvalue weighted by Crippen LogP contribution is -2.47. The zero-order valence-corrected chi connectivity index (χ0v) is 15.1. The van der Waals surface area contributed by atoms with Crippen molar-refractivity contribution in [2.45, 2.75) is 46.4 Å². The van der Waals surface area contributed by atoms with Crippen LogP contribution in [-0.2, 0) is 11.3 Å². The van der Waals surface area contributed by atoms with Crippen molar-refractivity contribution in [1.29, 1.82) is 0 Å². The Morgan fingerprint density at radius 2 is 2.14 bits per heavy atom. The molecule has 1 aliphatic rings. The number of rotatable bonds is 5. The third kappa shape index (κ3) is 4.70. The molecule has 2 atom stereocenters. The largest absolute Gasteiger partial charge is 0.375 e. The number of hydrogen-bond donors (Lipinski definition) is 1. The topological polar surface area (TPSA) is 24.5 Å². The van der Waals surface area contributed by atoms with E-state index in [1.165, 1.54) is 15.7 Å². The van der Waals surface area contributed by atoms with E-state index in [0.717, 1.165) is 26.2 Å². The lowest BCUT2D eigenvalue weighted by Gasteiger charge is -2.38. The lowest BCUT2D eigenvalue weighted by atomic mass is 10.1. The van der Waals surface area contributed by atoms with E-state index < -0.39 is 0 Å². The smallest absolute Gasteiger partial charge is 0.0723 e. The molecule has 2 unspecified atom stereocenters. The van der Waals surface area contributed by atoms with Crippen molar-refractivity contribution >= 4 is 21.6 Å². The van der Waals surface area contributed by atoms with Crippen molar-refractivity contribution in [3.8, 4) is 0 Å². The first kappa shape index (κ1) is 16.8. The van der Waals surface area contributed by atoms with E-state index in [4.69, 9.17) is 4.74 Å². The van der Waals surface area contributed by atoms with Crippen molar-refractivity contribution in [2.24, 2.45) is 5.92 Å². The summed E-state index contributed by atoms with van der Waals surface area (Å²) in [7, 11) is 0. The van der Waals surface area contributed by atoms with Crippen molar-refractivity contribution < 1.29 is 4.74 Å². The highest BCUT2D eigenvalue weighted by atomic mass is 79.9. The van der Waals surface area contributed by atoms with Crippen molar-refractivity contribution in [2.75, 3.05) is 24.6 Å². The van der Waals surface area contributed by atoms with Gasteiger partial charge in [0.2, 0.25) is 0 Å². The standard InChI is InChI=1S/C17H27BrN2O/c1-12(2)8-19-9-15-5-6-16(7-17(15)18)20-10-14(4)21-11-13(20)3/h5-7,12-14,19H,8-11H2,1-4H3. The summed E-state index contributed by atoms with van der Waals surface area (Å²) >= 11 is 3.72. The predicted octanol–water partition coefficient (Wildman–Crippen LogP) is 3.81. The normalized spacial score (nSPS) is 22.9. The van der Waals surface area contributed by atoms with E-state index in [-0.39, 0.29) is 0 Å². The molecule has 0 bridgehead atoms. The highest BCUT2D eigenvalue weighted by Gasteiger charge is 2.23. The molecule has 118 valence electrons. The first-order valence-electron chi connectivity index (χ1n) is 7.84. The van der Waals surface area contributed by atoms with Crippen LogP contribution in [0.2, 0.25) is 0 Å². The molecule has 1 aromatic carbocycles. The summed E-state index contributed by atoms with van der Waals surface area (Å²) in [4.78, 5) is 2.43. The van der Waals surface area contributed by atoms with Gasteiger partial charge in [0.25, 0.3) is 0 Å². The Balaban J connectivity index is 2.04. The molecule has 0 amide bonds. The summed E-state index contributed by atoms with van der Waals surface area (Å²) in [6.07, 6.45) is 0.298. The van der Waals surface area contributed by atoms with E-state index in [9.17, 15) is 0 Å². The number of hydrogen-bond acceptors (Lipinski definition) is 3. The van der Waals surface area contributed by atoms with Gasteiger partial charge in [0, 0.05) is 29.3 Å². The molecule has 1 fully saturated rings. The Morgan fingerprint density at radius 3 is 2.81 bits per heavy atom. The molecule has 21 heavy (non-hydrogen) atoms. The zero-order valence-electron chi connectivity index (χ0n) is 13.5. The molecule has 3 nitrogen and oxygen atoms in total. The summed E-state index contributed by atoms with van der Waals surface area (Å²) in [6, 6.07) is 7.12. The second kappa shape index (κ2) is 7.61. The average Bonchev–Trinajstić information content (AvgIpc) is 2.43. The second-order valence-corrected chi connectivity index (χ2v) is 7.30. The van der Waals surface area contributed by atoms with Gasteiger partial charge in [-0.3, -0.25) is 0 Å². The fourth-order valence-electron chi connectivity index (χ4n) is 2.62. The van der Waals surface area contributed by atoms with Gasteiger partial charge in [-0.15, -0.1) is 0 Å². The summed E-state index contributed by atoms with van der Waals surface area (Å²) in [5.74, 6) is 0.679. The fraction of sp³-hybridized carbons (Fsp3) is 0.647. The molecular weight excluding hydrogens is 328 g/mol. The van der Waals surface area contributed by atoms with Gasteiger partial charge in [-0.05, 0) is 44.0 Å². The van der Waals surface area contributed by atoms with Gasteiger partial charge in [-0.2, -0.15) is 0 Å². The van der Waals surface area contributed by atoms with Gasteiger partial charge >= 0.3 is 0 Å². The van der Waals surface area contributed by atoms with Crippen LogP contribution in [0.4, 0.5) is 5.69 Å². The van der Waals surface area contributed by atoms with E-state index in [1.54, 1.807) is 0 Å². The van der Waals surface area contributed by atoms with E-state index in [1.807, 2.05) is 0 Å². The number of morpholine rings is 1. The lowest BCUT2D eigenvalue weighted by molar-refractivity contribution is 0.0344. The minimum atomic E-state index is 0.298. The maximum atomic E-state index is 5.71. The summed E-state index contributed by atoms with van der Waals surface area (Å²) in [5.41, 5.74) is 2.59. The Labute approximate surface area is 137 Å². The van der Waals surface area contributed by atoms with Crippen LogP contribution in [0.15, 0.2) is 22.7 Å². The molecule has 0 spiro atoms. The Hall–Kier alpha value is -0.580. The zero-order chi connectivity index (χ0) is 15.4. The minimum Gasteiger partial charge on any atom is -0.375 e. The maximum Gasteiger partial charge on any atom is 0.0723 e. The molecule has 1 aliphatic heterocycles. The van der Waals surface area contributed by atoms with Crippen LogP contribution < -0.4 is 10.2 Å². The van der Waals surface area contributed by atoms with Gasteiger partial charge in [0.15, 0.2) is 0 Å². The van der Waals surface area contributed by atoms with Crippen LogP contribution in [0, 0.1) is 5.92 Å². The van der Waals surface area contributed by atoms with Gasteiger partial charge in [-0.25, -0.2) is 0 Å². The van der Waals surface area contributed by atoms with Crippen LogP contribution in [0.25, 0.3) is 0 Å². The number of ether oxygens (including phenoxy) is 1. The highest BCUT2D eigenvalue weighted by Crippen LogP contribution is 2.27. The van der Waals surface area contributed by atoms with Crippen LogP contribution >= 0.6 is 15.9 Å². The fourth-order valence-corrected chi connectivity index (χ4v) is 3.12. The van der Waals surface area contributed by atoms with E-state index in [0.29, 0.717) is 18.1 Å². The van der Waals surface area contributed by atoms with Crippen LogP contribution in [0.3, 0.4) is 0 Å². The average molecular weight is 355 g/mol. The first-order valence-corrected chi connectivity index (χ1v) is 8.64. The first-order chi connectivity index (χ1) is 9.97. The molecule has 4 heteroatoms. The molecule has 1 heterocycles. The van der Waals surface area contributed by atoms with Gasteiger partial charge < -0.3 is 15.0 Å². The summed E-state index contributed by atoms with van der Waals surface area (Å²) in [5, 5.41) is 3.49. The van der Waals surface area contributed by atoms with Gasteiger partial charge in [0.05, 0.1) is 12.7 Å². The van der Waals surface area contributed by atoms with Crippen LogP contribution in [0.5, 0.6) is 0 Å². The Bertz CT molecular complexity index is 464. The number of nitrogens with zero attached hydrogens (tertiary/aromatic N) is 1. The Morgan fingerprint density at radius 1 is 1.38 bits per heavy atom. The van der Waals surface area contributed by atoms with E-state index in [2.05, 4.69) is 72.0 Å². The van der Waals surface area contributed by atoms with Crippen molar-refractivity contribution in [3.63, 3.8) is 0 Å². The molecule has 0 radical (unpaired) electrons. The summed E-state index contributed by atoms with van der Waals surface area (Å²) < 4.78 is 6.89. The van der Waals surface area contributed by atoms with Crippen LogP contribution in [0.1, 0.15) is 33.3 Å². The predicted molar refractivity (Wildman–Crippen MR) is 92.9 cm³/mol. The molecule has 2 rings (SSSR count). The third-order valence-corrected chi connectivity index (χ3v) is 4.58. The number of anilines is 1. The second-order valence-electron chi connectivity index (χ2n) is 6.45. The number of halogens is 1. The SMILES string of the molecule is CC(C)CNCc1ccc(N2CC(C)OCC2C)cc1Br. The monoisotopic (exact) mass is 354 g/mol. The van der Waals surface area contributed by atoms with E-state index >= 15 is 0 Å². The van der Waals surface area contributed by atoms with Gasteiger partial charge in [-0.1, -0.05) is 35.8 Å². The maximum absolute atomic E-state index is 5.71. The molecule has 0 saturated carbocycles. The molecule has 0 aromatic heterocycles. The van der Waals surface area contributed by atoms with Crippen molar-refractivity contribution in [1.82, 2.24) is 5.32 Å². The molecule has 0 aliphatic carbocycles. The molecule has 1 aromatic rings. The molecular formula is C17H27BrN2O. The number of nitrogens with one attached hydrogen (secondary N) is 1. The summed E-state index contributed by atoms with van der Waals surface area (Å²) in [6.45, 7) is 12.5. The van der Waals surface area contributed by atoms with Gasteiger partial charge in [0.1, 0.15) is 0 Å². The quantitative estimate of drug-likeness (QED) is 0.869. The Kier molecular flexibility index (Phi) is 6.08.